The zero-order valence-electron chi connectivity index (χ0n) is 20.3. The number of ether oxygens (including phenoxy) is 2. The molecule has 0 unspecified atom stereocenters. The maximum Gasteiger partial charge on any atom is 0.263 e. The third kappa shape index (κ3) is 5.08. The Kier molecular flexibility index (Phi) is 7.20. The molecule has 36 heavy (non-hydrogen) atoms. The predicted octanol–water partition coefficient (Wildman–Crippen LogP) is 4.70. The van der Waals surface area contributed by atoms with Crippen molar-refractivity contribution in [2.24, 2.45) is 0 Å². The van der Waals surface area contributed by atoms with E-state index in [4.69, 9.17) is 26.1 Å². The Morgan fingerprint density at radius 2 is 2.11 bits per heavy atom. The molecule has 1 amide bonds. The van der Waals surface area contributed by atoms with Gasteiger partial charge in [-0.25, -0.2) is 9.97 Å². The minimum absolute atomic E-state index is 0.0485. The molecule has 4 heterocycles. The number of likely N-dealkylation sites (N-methyl/N-ethyl adjacent to an activating group) is 1. The lowest BCUT2D eigenvalue weighted by molar-refractivity contribution is 0.0949. The zero-order valence-corrected chi connectivity index (χ0v) is 21.9. The predicted molar refractivity (Wildman–Crippen MR) is 142 cm³/mol. The average molecular weight is 527 g/mol. The van der Waals surface area contributed by atoms with Crippen LogP contribution in [-0.4, -0.2) is 65.2 Å². The van der Waals surface area contributed by atoms with Crippen molar-refractivity contribution in [3.05, 3.63) is 46.2 Å². The van der Waals surface area contributed by atoms with Gasteiger partial charge in [0, 0.05) is 65.6 Å². The molecule has 0 radical (unpaired) electrons. The molecule has 0 fully saturated rings. The topological polar surface area (TPSA) is 102 Å². The van der Waals surface area contributed by atoms with Crippen molar-refractivity contribution >= 4 is 55.5 Å². The van der Waals surface area contributed by atoms with Gasteiger partial charge >= 0.3 is 0 Å². The number of halogens is 1. The summed E-state index contributed by atoms with van der Waals surface area (Å²) in [4.78, 5) is 28.6. The van der Waals surface area contributed by atoms with Crippen LogP contribution >= 0.6 is 22.9 Å². The van der Waals surface area contributed by atoms with Crippen LogP contribution in [-0.2, 0) is 11.3 Å². The molecule has 1 aliphatic heterocycles. The van der Waals surface area contributed by atoms with E-state index in [2.05, 4.69) is 25.5 Å². The standard InChI is InChI=1S/C25H27ClN6O3S/c1-4-34-10-9-32(3)13-15-12-28-25(26)31-24(15)35-19-8-5-16-17(30-19)6-7-18-20(16)21-22(36-18)23(33)29-14(2)11-27-21/h5-8,12,14,27H,4,9-11,13H2,1-3H3,(H,29,33)/t14-/m1/s1. The van der Waals surface area contributed by atoms with Crippen LogP contribution in [0.5, 0.6) is 11.8 Å². The lowest BCUT2D eigenvalue weighted by Crippen LogP contribution is -2.34. The number of aromatic nitrogens is 3. The van der Waals surface area contributed by atoms with Gasteiger partial charge < -0.3 is 20.1 Å². The molecule has 0 saturated carbocycles. The van der Waals surface area contributed by atoms with Crippen molar-refractivity contribution in [3.63, 3.8) is 0 Å². The average Bonchev–Trinajstić information content (AvgIpc) is 3.17. The number of carbonyl (C=O) groups is 1. The summed E-state index contributed by atoms with van der Waals surface area (Å²) in [6.07, 6.45) is 1.67. The monoisotopic (exact) mass is 526 g/mol. The van der Waals surface area contributed by atoms with Crippen molar-refractivity contribution in [3.8, 4) is 11.8 Å². The molecule has 1 aliphatic rings. The van der Waals surface area contributed by atoms with E-state index in [0.717, 1.165) is 38.8 Å². The number of anilines is 1. The summed E-state index contributed by atoms with van der Waals surface area (Å²) in [7, 11) is 2.00. The van der Waals surface area contributed by atoms with E-state index in [0.29, 0.717) is 42.9 Å². The van der Waals surface area contributed by atoms with Crippen LogP contribution in [0.1, 0.15) is 29.1 Å². The smallest absolute Gasteiger partial charge is 0.263 e. The Morgan fingerprint density at radius 3 is 2.94 bits per heavy atom. The molecular weight excluding hydrogens is 500 g/mol. The van der Waals surface area contributed by atoms with Gasteiger partial charge in [0.1, 0.15) is 4.88 Å². The van der Waals surface area contributed by atoms with Crippen LogP contribution in [0.4, 0.5) is 5.69 Å². The van der Waals surface area contributed by atoms with E-state index < -0.39 is 0 Å². The minimum Gasteiger partial charge on any atom is -0.420 e. The molecule has 3 aromatic heterocycles. The summed E-state index contributed by atoms with van der Waals surface area (Å²) in [5.74, 6) is 0.711. The summed E-state index contributed by atoms with van der Waals surface area (Å²) in [5.41, 5.74) is 2.41. The van der Waals surface area contributed by atoms with Crippen molar-refractivity contribution in [1.82, 2.24) is 25.2 Å². The van der Waals surface area contributed by atoms with Gasteiger partial charge in [-0.15, -0.1) is 11.3 Å². The van der Waals surface area contributed by atoms with Crippen molar-refractivity contribution < 1.29 is 14.3 Å². The summed E-state index contributed by atoms with van der Waals surface area (Å²) in [6.45, 7) is 7.27. The Balaban J connectivity index is 1.45. The molecule has 0 aliphatic carbocycles. The van der Waals surface area contributed by atoms with Gasteiger partial charge in [0.15, 0.2) is 0 Å². The number of nitrogens with zero attached hydrogens (tertiary/aromatic N) is 4. The van der Waals surface area contributed by atoms with E-state index in [1.165, 1.54) is 11.3 Å². The molecule has 0 saturated heterocycles. The van der Waals surface area contributed by atoms with E-state index >= 15 is 0 Å². The molecule has 0 bridgehead atoms. The highest BCUT2D eigenvalue weighted by Crippen LogP contribution is 2.41. The fourth-order valence-corrected chi connectivity index (χ4v) is 5.39. The van der Waals surface area contributed by atoms with E-state index in [-0.39, 0.29) is 17.2 Å². The number of amides is 1. The number of carbonyl (C=O) groups excluding carboxylic acids is 1. The number of hydrogen-bond acceptors (Lipinski definition) is 9. The minimum atomic E-state index is -0.0517. The molecule has 11 heteroatoms. The van der Waals surface area contributed by atoms with Crippen LogP contribution in [0.3, 0.4) is 0 Å². The molecule has 1 atom stereocenters. The first kappa shape index (κ1) is 24.6. The second kappa shape index (κ2) is 10.5. The van der Waals surface area contributed by atoms with Crippen LogP contribution in [0.15, 0.2) is 30.5 Å². The number of thiophene rings is 1. The summed E-state index contributed by atoms with van der Waals surface area (Å²) < 4.78 is 12.6. The molecule has 4 aromatic rings. The van der Waals surface area contributed by atoms with Gasteiger partial charge in [0.05, 0.1) is 17.8 Å². The van der Waals surface area contributed by atoms with Crippen molar-refractivity contribution in [2.75, 3.05) is 38.7 Å². The van der Waals surface area contributed by atoms with Crippen molar-refractivity contribution in [2.45, 2.75) is 26.4 Å². The Morgan fingerprint density at radius 1 is 1.25 bits per heavy atom. The molecule has 9 nitrogen and oxygen atoms in total. The van der Waals surface area contributed by atoms with Gasteiger partial charge in [-0.2, -0.15) is 4.98 Å². The van der Waals surface area contributed by atoms with Gasteiger partial charge in [-0.1, -0.05) is 0 Å². The summed E-state index contributed by atoms with van der Waals surface area (Å²) in [5, 5.41) is 8.52. The zero-order chi connectivity index (χ0) is 25.2. The summed E-state index contributed by atoms with van der Waals surface area (Å²) in [6, 6.07) is 7.76. The van der Waals surface area contributed by atoms with Crippen LogP contribution in [0, 0.1) is 0 Å². The first-order valence-corrected chi connectivity index (χ1v) is 13.0. The number of hydrogen-bond donors (Lipinski definition) is 2. The lowest BCUT2D eigenvalue weighted by Gasteiger charge is -2.18. The fraction of sp³-hybridized carbons (Fsp3) is 0.360. The first-order valence-electron chi connectivity index (χ1n) is 11.8. The third-order valence-corrected chi connectivity index (χ3v) is 7.26. The highest BCUT2D eigenvalue weighted by Gasteiger charge is 2.25. The normalized spacial score (nSPS) is 15.6. The highest BCUT2D eigenvalue weighted by atomic mass is 35.5. The molecule has 188 valence electrons. The van der Waals surface area contributed by atoms with Gasteiger partial charge in [0.25, 0.3) is 5.91 Å². The fourth-order valence-electron chi connectivity index (χ4n) is 4.17. The summed E-state index contributed by atoms with van der Waals surface area (Å²) >= 11 is 7.56. The number of nitrogens with one attached hydrogen (secondary N) is 2. The maximum absolute atomic E-state index is 12.7. The lowest BCUT2D eigenvalue weighted by atomic mass is 10.1. The Bertz CT molecular complexity index is 1430. The van der Waals surface area contributed by atoms with Gasteiger partial charge in [-0.05, 0) is 50.7 Å². The van der Waals surface area contributed by atoms with Crippen LogP contribution < -0.4 is 15.4 Å². The first-order chi connectivity index (χ1) is 17.4. The number of benzene rings is 1. The quantitative estimate of drug-likeness (QED) is 0.252. The third-order valence-electron chi connectivity index (χ3n) is 5.92. The number of fused-ring (bicyclic) bond motifs is 5. The largest absolute Gasteiger partial charge is 0.420 e. The molecule has 5 rings (SSSR count). The van der Waals surface area contributed by atoms with E-state index in [9.17, 15) is 4.79 Å². The maximum atomic E-state index is 12.7. The van der Waals surface area contributed by atoms with Crippen LogP contribution in [0.2, 0.25) is 5.28 Å². The van der Waals surface area contributed by atoms with Crippen molar-refractivity contribution in [1.29, 1.82) is 0 Å². The molecular formula is C25H27ClN6O3S. The van der Waals surface area contributed by atoms with Gasteiger partial charge in [-0.3, -0.25) is 9.69 Å². The van der Waals surface area contributed by atoms with E-state index in [1.54, 1.807) is 6.20 Å². The van der Waals surface area contributed by atoms with Crippen LogP contribution in [0.25, 0.3) is 21.0 Å². The second-order valence-corrected chi connectivity index (χ2v) is 10.1. The van der Waals surface area contributed by atoms with E-state index in [1.807, 2.05) is 45.2 Å². The molecule has 0 spiro atoms. The Labute approximate surface area is 217 Å². The highest BCUT2D eigenvalue weighted by molar-refractivity contribution is 7.21. The second-order valence-electron chi connectivity index (χ2n) is 8.72. The molecule has 1 aromatic carbocycles. The molecule has 2 N–H and O–H groups in total. The number of pyridine rings is 1. The Hall–Kier alpha value is -3.05. The number of rotatable bonds is 8. The SMILES string of the molecule is CCOCCN(C)Cc1cnc(Cl)nc1Oc1ccc2c(ccc3sc4c(c32)NC[C@@H](C)NC4=O)n1. The van der Waals surface area contributed by atoms with Gasteiger partial charge in [0.2, 0.25) is 17.0 Å².